The standard InChI is InChI=1S/C11H15BrClNO4S2/c1-11(2,19(3,15)16)7-14-20(17,18)8-4-5-10(13)9(12)6-8/h4-6,14H,7H2,1-3H3. The normalized spacial score (nSPS) is 13.4. The Hall–Kier alpha value is -0.150. The Labute approximate surface area is 132 Å². The van der Waals surface area contributed by atoms with E-state index in [4.69, 9.17) is 11.6 Å². The van der Waals surface area contributed by atoms with Gasteiger partial charge in [-0.25, -0.2) is 21.6 Å². The van der Waals surface area contributed by atoms with Gasteiger partial charge in [0.05, 0.1) is 14.7 Å². The number of rotatable bonds is 5. The van der Waals surface area contributed by atoms with Crippen molar-refractivity contribution < 1.29 is 16.8 Å². The molecule has 0 bridgehead atoms. The molecule has 0 fully saturated rings. The molecule has 9 heteroatoms. The van der Waals surface area contributed by atoms with E-state index in [2.05, 4.69) is 20.7 Å². The van der Waals surface area contributed by atoms with E-state index in [1.165, 1.54) is 32.0 Å². The van der Waals surface area contributed by atoms with Crippen molar-refractivity contribution in [1.82, 2.24) is 4.72 Å². The second kappa shape index (κ2) is 5.92. The molecule has 1 aromatic carbocycles. The van der Waals surface area contributed by atoms with Gasteiger partial charge in [0.2, 0.25) is 10.0 Å². The third-order valence-corrected chi connectivity index (χ3v) is 7.66. The van der Waals surface area contributed by atoms with E-state index >= 15 is 0 Å². The third-order valence-electron chi connectivity index (χ3n) is 2.89. The van der Waals surface area contributed by atoms with Crippen LogP contribution < -0.4 is 4.72 Å². The number of hydrogen-bond acceptors (Lipinski definition) is 4. The molecule has 1 N–H and O–H groups in total. The molecule has 114 valence electrons. The summed E-state index contributed by atoms with van der Waals surface area (Å²) in [5.41, 5.74) is 0. The molecule has 0 spiro atoms. The van der Waals surface area contributed by atoms with Crippen molar-refractivity contribution in [2.75, 3.05) is 12.8 Å². The largest absolute Gasteiger partial charge is 0.240 e. The number of hydrogen-bond donors (Lipinski definition) is 1. The van der Waals surface area contributed by atoms with E-state index in [0.29, 0.717) is 9.50 Å². The molecular formula is C11H15BrClNO4S2. The van der Waals surface area contributed by atoms with Crippen LogP contribution in [-0.4, -0.2) is 34.4 Å². The van der Waals surface area contributed by atoms with Gasteiger partial charge >= 0.3 is 0 Å². The van der Waals surface area contributed by atoms with Crippen LogP contribution in [0.3, 0.4) is 0 Å². The van der Waals surface area contributed by atoms with Crippen molar-refractivity contribution in [3.63, 3.8) is 0 Å². The SMILES string of the molecule is CC(C)(CNS(=O)(=O)c1ccc(Cl)c(Br)c1)S(C)(=O)=O. The number of sulfonamides is 1. The van der Waals surface area contributed by atoms with E-state index in [-0.39, 0.29) is 11.4 Å². The summed E-state index contributed by atoms with van der Waals surface area (Å²) in [7, 11) is -7.18. The maximum atomic E-state index is 12.1. The average Bonchev–Trinajstić information content (AvgIpc) is 2.29. The second-order valence-corrected chi connectivity index (χ2v) is 10.6. The summed E-state index contributed by atoms with van der Waals surface area (Å²) in [6.45, 7) is 2.71. The van der Waals surface area contributed by atoms with Gasteiger partial charge in [0.25, 0.3) is 0 Å². The van der Waals surface area contributed by atoms with Crippen molar-refractivity contribution >= 4 is 47.4 Å². The van der Waals surface area contributed by atoms with Gasteiger partial charge in [-0.3, -0.25) is 0 Å². The van der Waals surface area contributed by atoms with Gasteiger partial charge < -0.3 is 0 Å². The summed E-state index contributed by atoms with van der Waals surface area (Å²) < 4.78 is 48.8. The van der Waals surface area contributed by atoms with E-state index < -0.39 is 24.6 Å². The Kier molecular flexibility index (Phi) is 5.30. The van der Waals surface area contributed by atoms with Crippen LogP contribution in [0.2, 0.25) is 5.02 Å². The third kappa shape index (κ3) is 4.17. The molecule has 0 aliphatic heterocycles. The summed E-state index contributed by atoms with van der Waals surface area (Å²) in [5, 5.41) is 0.389. The van der Waals surface area contributed by atoms with Gasteiger partial charge in [0, 0.05) is 17.3 Å². The second-order valence-electron chi connectivity index (χ2n) is 4.93. The fraction of sp³-hybridized carbons (Fsp3) is 0.455. The lowest BCUT2D eigenvalue weighted by Gasteiger charge is -2.22. The van der Waals surface area contributed by atoms with Crippen molar-refractivity contribution in [1.29, 1.82) is 0 Å². The predicted octanol–water partition coefficient (Wildman–Crippen LogP) is 2.20. The molecule has 0 saturated carbocycles. The van der Waals surface area contributed by atoms with Crippen molar-refractivity contribution in [2.24, 2.45) is 0 Å². The van der Waals surface area contributed by atoms with E-state index in [0.717, 1.165) is 6.26 Å². The van der Waals surface area contributed by atoms with Crippen molar-refractivity contribution in [3.8, 4) is 0 Å². The average molecular weight is 405 g/mol. The molecule has 0 aliphatic carbocycles. The minimum absolute atomic E-state index is 0.0121. The van der Waals surface area contributed by atoms with Crippen LogP contribution >= 0.6 is 27.5 Å². The van der Waals surface area contributed by atoms with Gasteiger partial charge in [0.1, 0.15) is 0 Å². The van der Waals surface area contributed by atoms with Crippen LogP contribution in [0.4, 0.5) is 0 Å². The zero-order valence-electron chi connectivity index (χ0n) is 11.1. The van der Waals surface area contributed by atoms with E-state index in [1.54, 1.807) is 0 Å². The van der Waals surface area contributed by atoms with Crippen LogP contribution in [-0.2, 0) is 19.9 Å². The molecule has 1 rings (SSSR count). The maximum Gasteiger partial charge on any atom is 0.240 e. The highest BCUT2D eigenvalue weighted by Gasteiger charge is 2.32. The summed E-state index contributed by atoms with van der Waals surface area (Å²) in [6, 6.07) is 4.16. The lowest BCUT2D eigenvalue weighted by molar-refractivity contribution is 0.537. The molecule has 0 heterocycles. The Morgan fingerprint density at radius 2 is 1.80 bits per heavy atom. The molecular weight excluding hydrogens is 390 g/mol. The van der Waals surface area contributed by atoms with E-state index in [9.17, 15) is 16.8 Å². The monoisotopic (exact) mass is 403 g/mol. The molecule has 0 unspecified atom stereocenters. The van der Waals surface area contributed by atoms with Gasteiger partial charge in [-0.05, 0) is 48.0 Å². The maximum absolute atomic E-state index is 12.1. The minimum Gasteiger partial charge on any atom is -0.229 e. The Morgan fingerprint density at radius 3 is 2.25 bits per heavy atom. The number of sulfone groups is 1. The molecule has 1 aromatic rings. The first-order valence-corrected chi connectivity index (χ1v) is 10.1. The van der Waals surface area contributed by atoms with Crippen molar-refractivity contribution in [3.05, 3.63) is 27.7 Å². The minimum atomic E-state index is -3.80. The number of halogens is 2. The molecule has 5 nitrogen and oxygen atoms in total. The fourth-order valence-electron chi connectivity index (χ4n) is 1.13. The molecule has 0 atom stereocenters. The molecule has 0 saturated heterocycles. The molecule has 20 heavy (non-hydrogen) atoms. The van der Waals surface area contributed by atoms with Crippen LogP contribution in [0, 0.1) is 0 Å². The quantitative estimate of drug-likeness (QED) is 0.816. The highest BCUT2D eigenvalue weighted by atomic mass is 79.9. The lowest BCUT2D eigenvalue weighted by Crippen LogP contribution is -2.43. The molecule has 0 aliphatic rings. The molecule has 0 amide bonds. The predicted molar refractivity (Wildman–Crippen MR) is 83.3 cm³/mol. The van der Waals surface area contributed by atoms with Crippen molar-refractivity contribution in [2.45, 2.75) is 23.5 Å². The highest BCUT2D eigenvalue weighted by Crippen LogP contribution is 2.25. The van der Waals surface area contributed by atoms with Gasteiger partial charge in [-0.1, -0.05) is 11.6 Å². The summed E-state index contributed by atoms with van der Waals surface area (Å²) in [4.78, 5) is 0.0121. The van der Waals surface area contributed by atoms with Crippen LogP contribution in [0.1, 0.15) is 13.8 Å². The van der Waals surface area contributed by atoms with Gasteiger partial charge in [0.15, 0.2) is 9.84 Å². The first kappa shape index (κ1) is 17.9. The van der Waals surface area contributed by atoms with Crippen LogP contribution in [0.5, 0.6) is 0 Å². The molecule has 0 aromatic heterocycles. The number of benzene rings is 1. The molecule has 0 radical (unpaired) electrons. The summed E-state index contributed by atoms with van der Waals surface area (Å²) in [5.74, 6) is 0. The summed E-state index contributed by atoms with van der Waals surface area (Å²) >= 11 is 8.94. The zero-order chi connectivity index (χ0) is 15.8. The van der Waals surface area contributed by atoms with Gasteiger partial charge in [-0.2, -0.15) is 0 Å². The zero-order valence-corrected chi connectivity index (χ0v) is 15.1. The van der Waals surface area contributed by atoms with Gasteiger partial charge in [-0.15, -0.1) is 0 Å². The first-order valence-electron chi connectivity index (χ1n) is 5.51. The first-order chi connectivity index (χ1) is 8.87. The smallest absolute Gasteiger partial charge is 0.229 e. The van der Waals surface area contributed by atoms with Crippen LogP contribution in [0.15, 0.2) is 27.6 Å². The fourth-order valence-corrected chi connectivity index (χ4v) is 3.44. The Morgan fingerprint density at radius 1 is 1.25 bits per heavy atom. The number of nitrogens with one attached hydrogen (secondary N) is 1. The topological polar surface area (TPSA) is 80.3 Å². The Bertz CT molecular complexity index is 714. The van der Waals surface area contributed by atoms with E-state index in [1.807, 2.05) is 0 Å². The summed E-state index contributed by atoms with van der Waals surface area (Å²) in [6.07, 6.45) is 1.07. The Balaban J connectivity index is 3.00. The lowest BCUT2D eigenvalue weighted by atomic mass is 10.2. The van der Waals surface area contributed by atoms with Crippen LogP contribution in [0.25, 0.3) is 0 Å². The highest BCUT2D eigenvalue weighted by molar-refractivity contribution is 9.10.